The minimum Gasteiger partial charge on any atom is -0.267 e. The summed E-state index contributed by atoms with van der Waals surface area (Å²) in [5, 5.41) is 5.59. The third-order valence-corrected chi connectivity index (χ3v) is 3.34. The number of hydrogen-bond donors (Lipinski definition) is 0. The molecule has 2 heterocycles. The number of halogens is 1. The molecule has 0 aliphatic rings. The van der Waals surface area contributed by atoms with Crippen molar-refractivity contribution >= 4 is 32.2 Å². The highest BCUT2D eigenvalue weighted by atomic mass is 79.9. The molecule has 0 bridgehead atoms. The number of fused-ring (bicyclic) bond motifs is 1. The zero-order chi connectivity index (χ0) is 9.42. The lowest BCUT2D eigenvalue weighted by Gasteiger charge is -1.89. The molecule has 68 valence electrons. The summed E-state index contributed by atoms with van der Waals surface area (Å²) in [6.45, 7) is 1.80. The van der Waals surface area contributed by atoms with E-state index in [1.807, 2.05) is 0 Å². The van der Waals surface area contributed by atoms with Gasteiger partial charge >= 0.3 is 0 Å². The van der Waals surface area contributed by atoms with Crippen molar-refractivity contribution < 1.29 is 0 Å². The molecule has 0 amide bonds. The molecule has 0 atom stereocenters. The first kappa shape index (κ1) is 8.83. The Labute approximate surface area is 86.4 Å². The highest BCUT2D eigenvalue weighted by Crippen LogP contribution is 2.13. The lowest BCUT2D eigenvalue weighted by Crippen LogP contribution is -2.14. The van der Waals surface area contributed by atoms with E-state index in [9.17, 15) is 4.79 Å². The molecule has 0 saturated heterocycles. The van der Waals surface area contributed by atoms with Gasteiger partial charge in [0.05, 0.1) is 5.33 Å². The Bertz CT molecular complexity index is 504. The van der Waals surface area contributed by atoms with Gasteiger partial charge in [-0.2, -0.15) is 9.61 Å². The summed E-state index contributed by atoms with van der Waals surface area (Å²) in [5.74, 6) is 0. The minimum absolute atomic E-state index is 0.119. The van der Waals surface area contributed by atoms with Crippen LogP contribution in [0.5, 0.6) is 0 Å². The van der Waals surface area contributed by atoms with Crippen molar-refractivity contribution in [3.63, 3.8) is 0 Å². The fourth-order valence-electron chi connectivity index (χ4n) is 1.01. The summed E-state index contributed by atoms with van der Waals surface area (Å²) in [4.78, 5) is 16.2. The van der Waals surface area contributed by atoms with Crippen molar-refractivity contribution in [2.24, 2.45) is 0 Å². The normalized spacial score (nSPS) is 10.9. The number of aryl methyl sites for hydroxylation is 1. The Morgan fingerprint density at radius 3 is 3.15 bits per heavy atom. The van der Waals surface area contributed by atoms with E-state index in [2.05, 4.69) is 26.0 Å². The zero-order valence-corrected chi connectivity index (χ0v) is 9.22. The van der Waals surface area contributed by atoms with Crippen molar-refractivity contribution in [1.29, 1.82) is 0 Å². The highest BCUT2D eigenvalue weighted by molar-refractivity contribution is 9.08. The molecule has 4 nitrogen and oxygen atoms in total. The van der Waals surface area contributed by atoms with Crippen LogP contribution in [0.2, 0.25) is 0 Å². The molecule has 0 N–H and O–H groups in total. The first-order valence-corrected chi connectivity index (χ1v) is 5.57. The van der Waals surface area contributed by atoms with Gasteiger partial charge in [0.15, 0.2) is 0 Å². The van der Waals surface area contributed by atoms with Crippen LogP contribution in [0.3, 0.4) is 0 Å². The minimum atomic E-state index is -0.119. The van der Waals surface area contributed by atoms with Crippen LogP contribution in [-0.2, 0) is 5.33 Å². The molecular weight excluding hydrogens is 254 g/mol. The standard InChI is InChI=1S/C7H6BrN3OS/c1-4-2-6(12)11-7(9-4)13-5(3-8)10-11/h2H,3H2,1H3. The van der Waals surface area contributed by atoms with Crippen LogP contribution in [0.1, 0.15) is 10.7 Å². The van der Waals surface area contributed by atoms with Crippen LogP contribution in [-0.4, -0.2) is 14.6 Å². The van der Waals surface area contributed by atoms with Crippen molar-refractivity contribution in [2.75, 3.05) is 0 Å². The third kappa shape index (κ3) is 1.51. The summed E-state index contributed by atoms with van der Waals surface area (Å²) in [6, 6.07) is 1.48. The van der Waals surface area contributed by atoms with Gasteiger partial charge in [-0.3, -0.25) is 4.79 Å². The average Bonchev–Trinajstić information content (AvgIpc) is 2.47. The predicted octanol–water partition coefficient (Wildman–Crippen LogP) is 1.35. The summed E-state index contributed by atoms with van der Waals surface area (Å²) in [7, 11) is 0. The number of rotatable bonds is 1. The van der Waals surface area contributed by atoms with Gasteiger partial charge in [-0.05, 0) is 6.92 Å². The Hall–Kier alpha value is -0.750. The monoisotopic (exact) mass is 259 g/mol. The van der Waals surface area contributed by atoms with Crippen LogP contribution in [0.15, 0.2) is 10.9 Å². The van der Waals surface area contributed by atoms with Crippen molar-refractivity contribution in [3.8, 4) is 0 Å². The second kappa shape index (κ2) is 3.19. The van der Waals surface area contributed by atoms with Gasteiger partial charge in [-0.1, -0.05) is 27.3 Å². The van der Waals surface area contributed by atoms with E-state index < -0.39 is 0 Å². The van der Waals surface area contributed by atoms with Crippen molar-refractivity contribution in [3.05, 3.63) is 27.1 Å². The molecule has 0 radical (unpaired) electrons. The second-order valence-corrected chi connectivity index (χ2v) is 4.16. The lowest BCUT2D eigenvalue weighted by atomic mass is 10.5. The summed E-state index contributed by atoms with van der Waals surface area (Å²) >= 11 is 4.70. The molecule has 0 spiro atoms. The van der Waals surface area contributed by atoms with Crippen molar-refractivity contribution in [2.45, 2.75) is 12.3 Å². The summed E-state index contributed by atoms with van der Waals surface area (Å²) < 4.78 is 1.33. The number of alkyl halides is 1. The van der Waals surface area contributed by atoms with Gasteiger partial charge < -0.3 is 0 Å². The molecule has 0 saturated carbocycles. The van der Waals surface area contributed by atoms with Crippen LogP contribution < -0.4 is 5.56 Å². The van der Waals surface area contributed by atoms with E-state index in [1.165, 1.54) is 21.9 Å². The largest absolute Gasteiger partial charge is 0.275 e. The molecule has 0 aliphatic carbocycles. The molecule has 2 aromatic rings. The summed E-state index contributed by atoms with van der Waals surface area (Å²) in [6.07, 6.45) is 0. The SMILES string of the molecule is Cc1cc(=O)n2nc(CBr)sc2n1. The maximum Gasteiger partial charge on any atom is 0.275 e. The molecule has 0 aromatic carbocycles. The van der Waals surface area contributed by atoms with Gasteiger partial charge in [-0.15, -0.1) is 0 Å². The zero-order valence-electron chi connectivity index (χ0n) is 6.82. The van der Waals surface area contributed by atoms with E-state index in [0.717, 1.165) is 10.7 Å². The maximum atomic E-state index is 11.4. The first-order chi connectivity index (χ1) is 6.20. The van der Waals surface area contributed by atoms with Gasteiger partial charge in [0, 0.05) is 11.8 Å². The van der Waals surface area contributed by atoms with E-state index in [-0.39, 0.29) is 5.56 Å². The van der Waals surface area contributed by atoms with E-state index in [1.54, 1.807) is 6.92 Å². The molecule has 2 aromatic heterocycles. The molecule has 0 aliphatic heterocycles. The van der Waals surface area contributed by atoms with Crippen LogP contribution in [0.25, 0.3) is 4.96 Å². The highest BCUT2D eigenvalue weighted by Gasteiger charge is 2.05. The van der Waals surface area contributed by atoms with Crippen molar-refractivity contribution in [1.82, 2.24) is 14.6 Å². The Balaban J connectivity index is 2.83. The predicted molar refractivity (Wildman–Crippen MR) is 54.5 cm³/mol. The fraction of sp³-hybridized carbons (Fsp3) is 0.286. The fourth-order valence-corrected chi connectivity index (χ4v) is 2.26. The molecular formula is C7H6BrN3OS. The number of nitrogens with zero attached hydrogens (tertiary/aromatic N) is 3. The van der Waals surface area contributed by atoms with Crippen LogP contribution in [0.4, 0.5) is 0 Å². The molecule has 2 rings (SSSR count). The summed E-state index contributed by atoms with van der Waals surface area (Å²) in [5.41, 5.74) is 0.612. The second-order valence-electron chi connectivity index (χ2n) is 2.56. The van der Waals surface area contributed by atoms with E-state index in [4.69, 9.17) is 0 Å². The van der Waals surface area contributed by atoms with Crippen LogP contribution in [0, 0.1) is 6.92 Å². The average molecular weight is 260 g/mol. The quantitative estimate of drug-likeness (QED) is 0.727. The number of aromatic nitrogens is 3. The number of hydrogen-bond acceptors (Lipinski definition) is 4. The van der Waals surface area contributed by atoms with Gasteiger partial charge in [-0.25, -0.2) is 4.98 Å². The smallest absolute Gasteiger partial charge is 0.267 e. The molecule has 13 heavy (non-hydrogen) atoms. The topological polar surface area (TPSA) is 47.3 Å². The molecule has 0 fully saturated rings. The van der Waals surface area contributed by atoms with Crippen LogP contribution >= 0.6 is 27.3 Å². The maximum absolute atomic E-state index is 11.4. The van der Waals surface area contributed by atoms with Gasteiger partial charge in [0.2, 0.25) is 4.96 Å². The van der Waals surface area contributed by atoms with Gasteiger partial charge in [0.1, 0.15) is 5.01 Å². The van der Waals surface area contributed by atoms with E-state index >= 15 is 0 Å². The lowest BCUT2D eigenvalue weighted by molar-refractivity contribution is 0.871. The Kier molecular flexibility index (Phi) is 2.17. The molecule has 0 unspecified atom stereocenters. The molecule has 6 heteroatoms. The third-order valence-electron chi connectivity index (χ3n) is 1.53. The Morgan fingerprint density at radius 2 is 2.46 bits per heavy atom. The van der Waals surface area contributed by atoms with Gasteiger partial charge in [0.25, 0.3) is 5.56 Å². The van der Waals surface area contributed by atoms with E-state index in [0.29, 0.717) is 10.3 Å². The first-order valence-electron chi connectivity index (χ1n) is 3.63. The Morgan fingerprint density at radius 1 is 1.69 bits per heavy atom.